The fourth-order valence-electron chi connectivity index (χ4n) is 2.59. The van der Waals surface area contributed by atoms with Gasteiger partial charge in [-0.1, -0.05) is 37.3 Å². The van der Waals surface area contributed by atoms with Crippen LogP contribution >= 0.6 is 0 Å². The second-order valence-electron chi connectivity index (χ2n) is 5.40. The largest absolute Gasteiger partial charge is 0.381 e. The van der Waals surface area contributed by atoms with Crippen molar-refractivity contribution in [2.75, 3.05) is 0 Å². The molecule has 0 saturated carbocycles. The van der Waals surface area contributed by atoms with E-state index in [1.165, 1.54) is 5.56 Å². The zero-order valence-electron chi connectivity index (χ0n) is 11.9. The van der Waals surface area contributed by atoms with E-state index in [9.17, 15) is 5.11 Å². The molecule has 20 heavy (non-hydrogen) atoms. The van der Waals surface area contributed by atoms with Crippen molar-refractivity contribution in [3.8, 4) is 0 Å². The average Bonchev–Trinajstić information content (AvgIpc) is 2.94. The normalized spacial score (nSPS) is 14.3. The van der Waals surface area contributed by atoms with E-state index in [1.54, 1.807) is 0 Å². The highest BCUT2D eigenvalue weighted by atomic mass is 16.3. The molecule has 3 aromatic rings. The van der Waals surface area contributed by atoms with Gasteiger partial charge >= 0.3 is 0 Å². The highest BCUT2D eigenvalue weighted by molar-refractivity contribution is 5.80. The Balaban J connectivity index is 2.04. The van der Waals surface area contributed by atoms with Crippen molar-refractivity contribution >= 4 is 10.9 Å². The molecule has 0 bridgehead atoms. The van der Waals surface area contributed by atoms with E-state index in [0.717, 1.165) is 28.5 Å². The maximum absolute atomic E-state index is 10.9. The van der Waals surface area contributed by atoms with Crippen molar-refractivity contribution in [1.82, 2.24) is 4.98 Å². The van der Waals surface area contributed by atoms with Crippen molar-refractivity contribution < 1.29 is 5.11 Å². The van der Waals surface area contributed by atoms with Crippen LogP contribution in [0.2, 0.25) is 0 Å². The molecule has 0 radical (unpaired) electrons. The second kappa shape index (κ2) is 4.80. The molecule has 2 aromatic carbocycles. The number of rotatable bonds is 3. The maximum atomic E-state index is 10.9. The second-order valence-corrected chi connectivity index (χ2v) is 5.40. The minimum absolute atomic E-state index is 0.911. The third kappa shape index (κ3) is 2.12. The molecule has 0 aliphatic carbocycles. The number of H-pyrrole nitrogens is 1. The lowest BCUT2D eigenvalue weighted by Crippen LogP contribution is -2.22. The Hall–Kier alpha value is -2.06. The topological polar surface area (TPSA) is 36.0 Å². The summed E-state index contributed by atoms with van der Waals surface area (Å²) in [7, 11) is 0. The zero-order valence-corrected chi connectivity index (χ0v) is 11.9. The summed E-state index contributed by atoms with van der Waals surface area (Å²) in [6, 6.07) is 16.2. The molecule has 0 fully saturated rings. The van der Waals surface area contributed by atoms with Gasteiger partial charge in [0.1, 0.15) is 5.60 Å². The molecule has 0 spiro atoms. The Kier molecular flexibility index (Phi) is 3.11. The van der Waals surface area contributed by atoms with Gasteiger partial charge in [0, 0.05) is 11.7 Å². The summed E-state index contributed by atoms with van der Waals surface area (Å²) in [5.74, 6) is 0. The van der Waals surface area contributed by atoms with Crippen LogP contribution in [-0.2, 0) is 12.0 Å². The van der Waals surface area contributed by atoms with Gasteiger partial charge in [-0.05, 0) is 53.6 Å². The lowest BCUT2D eigenvalue weighted by molar-refractivity contribution is 0.102. The summed E-state index contributed by atoms with van der Waals surface area (Å²) in [5, 5.41) is 12.0. The molecule has 0 amide bonds. The van der Waals surface area contributed by atoms with Gasteiger partial charge in [0.2, 0.25) is 0 Å². The lowest BCUT2D eigenvalue weighted by Gasteiger charge is -2.25. The molecule has 102 valence electrons. The van der Waals surface area contributed by atoms with Crippen LogP contribution in [0.25, 0.3) is 10.9 Å². The van der Waals surface area contributed by atoms with Crippen LogP contribution < -0.4 is 0 Å². The first-order chi connectivity index (χ1) is 9.61. The van der Waals surface area contributed by atoms with E-state index < -0.39 is 5.60 Å². The molecule has 2 nitrogen and oxygen atoms in total. The summed E-state index contributed by atoms with van der Waals surface area (Å²) in [4.78, 5) is 3.17. The predicted molar refractivity (Wildman–Crippen MR) is 82.8 cm³/mol. The summed E-state index contributed by atoms with van der Waals surface area (Å²) in [6.45, 7) is 3.98. The SMILES string of the molecule is CCc1ccc(C(C)(O)c2ccc3[nH]ccc3c2)cc1. The number of benzene rings is 2. The summed E-state index contributed by atoms with van der Waals surface area (Å²) >= 11 is 0. The molecule has 1 unspecified atom stereocenters. The summed E-state index contributed by atoms with van der Waals surface area (Å²) < 4.78 is 0. The van der Waals surface area contributed by atoms with Crippen molar-refractivity contribution in [3.63, 3.8) is 0 Å². The smallest absolute Gasteiger partial charge is 0.112 e. The van der Waals surface area contributed by atoms with Crippen LogP contribution in [0, 0.1) is 0 Å². The summed E-state index contributed by atoms with van der Waals surface area (Å²) in [6.07, 6.45) is 2.93. The number of aromatic amines is 1. The van der Waals surface area contributed by atoms with Crippen LogP contribution in [0.15, 0.2) is 54.7 Å². The van der Waals surface area contributed by atoms with Gasteiger partial charge < -0.3 is 10.1 Å². The van der Waals surface area contributed by atoms with Crippen LogP contribution in [0.5, 0.6) is 0 Å². The van der Waals surface area contributed by atoms with Crippen molar-refractivity contribution in [3.05, 3.63) is 71.4 Å². The molecule has 1 atom stereocenters. The van der Waals surface area contributed by atoms with E-state index >= 15 is 0 Å². The van der Waals surface area contributed by atoms with Crippen LogP contribution in [0.4, 0.5) is 0 Å². The van der Waals surface area contributed by atoms with Gasteiger partial charge in [-0.25, -0.2) is 0 Å². The third-order valence-electron chi connectivity index (χ3n) is 4.04. The number of hydrogen-bond acceptors (Lipinski definition) is 1. The number of aromatic nitrogens is 1. The number of aliphatic hydroxyl groups is 1. The van der Waals surface area contributed by atoms with Gasteiger partial charge in [0.05, 0.1) is 0 Å². The Labute approximate surface area is 119 Å². The fourth-order valence-corrected chi connectivity index (χ4v) is 2.59. The van der Waals surface area contributed by atoms with Gasteiger partial charge in [-0.2, -0.15) is 0 Å². The van der Waals surface area contributed by atoms with E-state index in [4.69, 9.17) is 0 Å². The quantitative estimate of drug-likeness (QED) is 0.738. The van der Waals surface area contributed by atoms with Gasteiger partial charge in [0.25, 0.3) is 0 Å². The highest BCUT2D eigenvalue weighted by Crippen LogP contribution is 2.31. The first-order valence-corrected chi connectivity index (χ1v) is 7.00. The number of fused-ring (bicyclic) bond motifs is 1. The molecule has 0 saturated heterocycles. The Morgan fingerprint density at radius 3 is 2.40 bits per heavy atom. The molecular formula is C18H19NO. The Morgan fingerprint density at radius 2 is 1.70 bits per heavy atom. The average molecular weight is 265 g/mol. The molecule has 3 rings (SSSR count). The van der Waals surface area contributed by atoms with Gasteiger partial charge in [0.15, 0.2) is 0 Å². The van der Waals surface area contributed by atoms with Gasteiger partial charge in [-0.3, -0.25) is 0 Å². The Morgan fingerprint density at radius 1 is 1.00 bits per heavy atom. The molecule has 0 aliphatic rings. The first kappa shape index (κ1) is 12.9. The molecular weight excluding hydrogens is 246 g/mol. The predicted octanol–water partition coefficient (Wildman–Crippen LogP) is 3.99. The third-order valence-corrected chi connectivity index (χ3v) is 4.04. The minimum Gasteiger partial charge on any atom is -0.381 e. The molecule has 1 heterocycles. The van der Waals surface area contributed by atoms with Crippen molar-refractivity contribution in [2.45, 2.75) is 25.9 Å². The maximum Gasteiger partial charge on any atom is 0.112 e. The van der Waals surface area contributed by atoms with E-state index in [1.807, 2.05) is 49.5 Å². The van der Waals surface area contributed by atoms with Crippen LogP contribution in [-0.4, -0.2) is 10.1 Å². The molecule has 1 aromatic heterocycles. The van der Waals surface area contributed by atoms with E-state index in [-0.39, 0.29) is 0 Å². The van der Waals surface area contributed by atoms with Crippen LogP contribution in [0.3, 0.4) is 0 Å². The van der Waals surface area contributed by atoms with Crippen molar-refractivity contribution in [2.24, 2.45) is 0 Å². The standard InChI is InChI=1S/C18H19NO/c1-3-13-4-6-15(7-5-13)18(2,20)16-8-9-17-14(12-16)10-11-19-17/h4-12,19-20H,3H2,1-2H3. The monoisotopic (exact) mass is 265 g/mol. The van der Waals surface area contributed by atoms with Crippen molar-refractivity contribution in [1.29, 1.82) is 0 Å². The molecule has 2 heteroatoms. The summed E-state index contributed by atoms with van der Waals surface area (Å²) in [5.41, 5.74) is 3.23. The van der Waals surface area contributed by atoms with E-state index in [2.05, 4.69) is 24.0 Å². The Bertz CT molecular complexity index is 723. The number of nitrogens with one attached hydrogen (secondary N) is 1. The first-order valence-electron chi connectivity index (χ1n) is 7.00. The zero-order chi connectivity index (χ0) is 14.2. The molecule has 2 N–H and O–H groups in total. The minimum atomic E-state index is -0.974. The number of aryl methyl sites for hydroxylation is 1. The number of hydrogen-bond donors (Lipinski definition) is 2. The van der Waals surface area contributed by atoms with Crippen LogP contribution in [0.1, 0.15) is 30.5 Å². The fraction of sp³-hybridized carbons (Fsp3) is 0.222. The lowest BCUT2D eigenvalue weighted by atomic mass is 9.87. The molecule has 0 aliphatic heterocycles. The van der Waals surface area contributed by atoms with E-state index in [0.29, 0.717) is 0 Å². The van der Waals surface area contributed by atoms with Gasteiger partial charge in [-0.15, -0.1) is 0 Å². The highest BCUT2D eigenvalue weighted by Gasteiger charge is 2.25.